The molecular formula is C15H13ClN4O3S3. The number of nitrogens with one attached hydrogen (secondary N) is 1. The molecule has 11 heteroatoms. The number of nitrogens with zero attached hydrogens (tertiary/aromatic N) is 3. The number of carbonyl (C=O) groups excluding carboxylic acids is 1. The van der Waals surface area contributed by atoms with Crippen molar-refractivity contribution in [1.29, 1.82) is 0 Å². The molecule has 1 aromatic carbocycles. The number of anilines is 1. The second-order valence-electron chi connectivity index (χ2n) is 5.24. The highest BCUT2D eigenvalue weighted by atomic mass is 35.5. The fourth-order valence-corrected chi connectivity index (χ4v) is 5.38. The van der Waals surface area contributed by atoms with Crippen molar-refractivity contribution in [2.45, 2.75) is 4.21 Å². The minimum absolute atomic E-state index is 0.0963. The van der Waals surface area contributed by atoms with Gasteiger partial charge in [0.05, 0.1) is 10.9 Å². The minimum Gasteiger partial charge on any atom is -0.325 e. The van der Waals surface area contributed by atoms with Crippen molar-refractivity contribution in [2.75, 3.05) is 18.9 Å². The van der Waals surface area contributed by atoms with Crippen molar-refractivity contribution >= 4 is 56.1 Å². The summed E-state index contributed by atoms with van der Waals surface area (Å²) in [5, 5.41) is 8.47. The molecule has 1 N–H and O–H groups in total. The van der Waals surface area contributed by atoms with E-state index in [1.807, 2.05) is 5.38 Å². The van der Waals surface area contributed by atoms with Gasteiger partial charge < -0.3 is 5.32 Å². The number of thiophene rings is 1. The Bertz CT molecular complexity index is 1000. The maximum atomic E-state index is 12.4. The van der Waals surface area contributed by atoms with E-state index in [9.17, 15) is 13.2 Å². The Morgan fingerprint density at radius 1 is 1.23 bits per heavy atom. The Kier molecular flexibility index (Phi) is 5.68. The van der Waals surface area contributed by atoms with Crippen LogP contribution in [0.2, 0.25) is 4.34 Å². The Labute approximate surface area is 163 Å². The predicted molar refractivity (Wildman–Crippen MR) is 103 cm³/mol. The molecule has 0 saturated carbocycles. The van der Waals surface area contributed by atoms with Gasteiger partial charge in [-0.3, -0.25) is 4.79 Å². The van der Waals surface area contributed by atoms with E-state index < -0.39 is 15.9 Å². The molecule has 0 aliphatic rings. The quantitative estimate of drug-likeness (QED) is 0.650. The van der Waals surface area contributed by atoms with Gasteiger partial charge in [-0.05, 0) is 35.8 Å². The number of likely N-dealkylation sites (N-methyl/N-ethyl adjacent to an activating group) is 1. The van der Waals surface area contributed by atoms with Crippen molar-refractivity contribution in [3.05, 3.63) is 46.1 Å². The van der Waals surface area contributed by atoms with Gasteiger partial charge in [-0.1, -0.05) is 28.2 Å². The maximum Gasteiger partial charge on any atom is 0.252 e. The molecular weight excluding hydrogens is 416 g/mol. The second kappa shape index (κ2) is 7.80. The van der Waals surface area contributed by atoms with E-state index in [0.717, 1.165) is 26.9 Å². The fraction of sp³-hybridized carbons (Fsp3) is 0.133. The molecule has 0 radical (unpaired) electrons. The Morgan fingerprint density at radius 3 is 2.54 bits per heavy atom. The van der Waals surface area contributed by atoms with Gasteiger partial charge in [-0.2, -0.15) is 4.31 Å². The number of amides is 1. The van der Waals surface area contributed by atoms with Gasteiger partial charge in [-0.25, -0.2) is 8.42 Å². The minimum atomic E-state index is -3.75. The molecule has 0 bridgehead atoms. The van der Waals surface area contributed by atoms with E-state index in [1.165, 1.54) is 30.7 Å². The Morgan fingerprint density at radius 2 is 1.96 bits per heavy atom. The summed E-state index contributed by atoms with van der Waals surface area (Å²) in [4.78, 5) is 12.2. The molecule has 0 unspecified atom stereocenters. The van der Waals surface area contributed by atoms with Crippen LogP contribution < -0.4 is 5.32 Å². The molecule has 0 saturated heterocycles. The first-order valence-electron chi connectivity index (χ1n) is 7.25. The van der Waals surface area contributed by atoms with Gasteiger partial charge in [0.15, 0.2) is 0 Å². The fourth-order valence-electron chi connectivity index (χ4n) is 2.09. The van der Waals surface area contributed by atoms with Crippen LogP contribution >= 0.6 is 34.5 Å². The molecule has 0 spiro atoms. The van der Waals surface area contributed by atoms with Gasteiger partial charge in [0.1, 0.15) is 9.90 Å². The summed E-state index contributed by atoms with van der Waals surface area (Å²) in [5.41, 5.74) is 2.20. The molecule has 7 nitrogen and oxygen atoms in total. The van der Waals surface area contributed by atoms with Gasteiger partial charge in [-0.15, -0.1) is 16.4 Å². The maximum absolute atomic E-state index is 12.4. The van der Waals surface area contributed by atoms with Crippen LogP contribution in [0, 0.1) is 0 Å². The van der Waals surface area contributed by atoms with Crippen LogP contribution in [-0.2, 0) is 14.8 Å². The molecule has 0 fully saturated rings. The number of benzene rings is 1. The summed E-state index contributed by atoms with van der Waals surface area (Å²) in [6, 6.07) is 9.98. The topological polar surface area (TPSA) is 92.3 Å². The summed E-state index contributed by atoms with van der Waals surface area (Å²) in [7, 11) is -2.40. The summed E-state index contributed by atoms with van der Waals surface area (Å²) in [6.45, 7) is -0.310. The number of hydrogen-bond donors (Lipinski definition) is 1. The molecule has 2 aromatic heterocycles. The lowest BCUT2D eigenvalue weighted by Crippen LogP contribution is -2.34. The third-order valence-corrected chi connectivity index (χ3v) is 7.41. The van der Waals surface area contributed by atoms with Crippen LogP contribution in [0.3, 0.4) is 0 Å². The molecule has 0 aliphatic heterocycles. The van der Waals surface area contributed by atoms with E-state index >= 15 is 0 Å². The highest BCUT2D eigenvalue weighted by Crippen LogP contribution is 2.27. The molecule has 26 heavy (non-hydrogen) atoms. The lowest BCUT2D eigenvalue weighted by Gasteiger charge is -2.15. The van der Waals surface area contributed by atoms with Crippen LogP contribution in [0.15, 0.2) is 46.0 Å². The van der Waals surface area contributed by atoms with Crippen molar-refractivity contribution < 1.29 is 13.2 Å². The van der Waals surface area contributed by atoms with Crippen molar-refractivity contribution in [3.63, 3.8) is 0 Å². The molecule has 3 aromatic rings. The number of halogens is 1. The monoisotopic (exact) mass is 428 g/mol. The molecule has 3 rings (SSSR count). The largest absolute Gasteiger partial charge is 0.325 e. The standard InChI is InChI=1S/C15H13ClN4O3S3/c1-20(26(22,23)15-7-6-13(16)25-15)8-14(21)17-11-4-2-10(3-5-11)12-9-24-19-18-12/h2-7,9H,8H2,1H3,(H,17,21). The molecule has 0 atom stereocenters. The van der Waals surface area contributed by atoms with E-state index in [-0.39, 0.29) is 10.8 Å². The Balaban J connectivity index is 1.63. The smallest absolute Gasteiger partial charge is 0.252 e. The van der Waals surface area contributed by atoms with Gasteiger partial charge >= 0.3 is 0 Å². The first kappa shape index (κ1) is 18.9. The highest BCUT2D eigenvalue weighted by Gasteiger charge is 2.24. The van der Waals surface area contributed by atoms with Crippen LogP contribution in [-0.4, -0.2) is 41.8 Å². The Hall–Kier alpha value is -1.85. The summed E-state index contributed by atoms with van der Waals surface area (Å²) >= 11 is 7.99. The first-order valence-corrected chi connectivity index (χ1v) is 10.7. The molecule has 2 heterocycles. The molecule has 0 aliphatic carbocycles. The van der Waals surface area contributed by atoms with Crippen LogP contribution in [0.5, 0.6) is 0 Å². The van der Waals surface area contributed by atoms with Gasteiger partial charge in [0, 0.05) is 23.7 Å². The lowest BCUT2D eigenvalue weighted by atomic mass is 10.1. The van der Waals surface area contributed by atoms with Crippen LogP contribution in [0.25, 0.3) is 11.3 Å². The average Bonchev–Trinajstić information content (AvgIpc) is 3.27. The van der Waals surface area contributed by atoms with Gasteiger partial charge in [0.25, 0.3) is 10.0 Å². The van der Waals surface area contributed by atoms with Crippen molar-refractivity contribution in [2.24, 2.45) is 0 Å². The van der Waals surface area contributed by atoms with Crippen molar-refractivity contribution in [3.8, 4) is 11.3 Å². The zero-order valence-corrected chi connectivity index (χ0v) is 16.6. The van der Waals surface area contributed by atoms with Crippen LogP contribution in [0.4, 0.5) is 5.69 Å². The van der Waals surface area contributed by atoms with E-state index in [0.29, 0.717) is 10.0 Å². The zero-order valence-electron chi connectivity index (χ0n) is 13.4. The number of carbonyl (C=O) groups is 1. The first-order chi connectivity index (χ1) is 12.4. The summed E-state index contributed by atoms with van der Waals surface area (Å²) < 4.78 is 30.0. The van der Waals surface area contributed by atoms with E-state index in [2.05, 4.69) is 14.9 Å². The van der Waals surface area contributed by atoms with E-state index in [4.69, 9.17) is 11.6 Å². The second-order valence-corrected chi connectivity index (χ2v) is 9.83. The predicted octanol–water partition coefficient (Wildman–Crippen LogP) is 3.18. The number of hydrogen-bond acceptors (Lipinski definition) is 7. The summed E-state index contributed by atoms with van der Waals surface area (Å²) in [6.07, 6.45) is 0. The van der Waals surface area contributed by atoms with Crippen molar-refractivity contribution in [1.82, 2.24) is 13.9 Å². The van der Waals surface area contributed by atoms with Gasteiger partial charge in [0.2, 0.25) is 5.91 Å². The van der Waals surface area contributed by atoms with E-state index in [1.54, 1.807) is 24.3 Å². The summed E-state index contributed by atoms with van der Waals surface area (Å²) in [5.74, 6) is -0.443. The average molecular weight is 429 g/mol. The molecule has 1 amide bonds. The lowest BCUT2D eigenvalue weighted by molar-refractivity contribution is -0.116. The highest BCUT2D eigenvalue weighted by molar-refractivity contribution is 7.91. The third-order valence-electron chi connectivity index (χ3n) is 3.40. The van der Waals surface area contributed by atoms with Crippen LogP contribution in [0.1, 0.15) is 0 Å². The number of aromatic nitrogens is 2. The zero-order chi connectivity index (χ0) is 18.7. The number of sulfonamides is 1. The third kappa shape index (κ3) is 4.27. The molecule has 136 valence electrons. The number of rotatable bonds is 6. The SMILES string of the molecule is CN(CC(=O)Nc1ccc(-c2csnn2)cc1)S(=O)(=O)c1ccc(Cl)s1. The normalized spacial score (nSPS) is 11.7.